The smallest absolute Gasteiger partial charge is 0.115 e. The van der Waals surface area contributed by atoms with E-state index in [1.54, 1.807) is 12.1 Å². The minimum atomic E-state index is 0.320. The number of aryl methyl sites for hydroxylation is 1. The van der Waals surface area contributed by atoms with Gasteiger partial charge in [0.1, 0.15) is 5.75 Å². The topological polar surface area (TPSA) is 20.2 Å². The highest BCUT2D eigenvalue weighted by atomic mass is 16.3. The number of hydrogen-bond acceptors (Lipinski definition) is 1. The first kappa shape index (κ1) is 17.6. The van der Waals surface area contributed by atoms with Gasteiger partial charge in [0, 0.05) is 0 Å². The molecule has 1 nitrogen and oxygen atoms in total. The molecule has 0 unspecified atom stereocenters. The van der Waals surface area contributed by atoms with Gasteiger partial charge in [0.15, 0.2) is 0 Å². The van der Waals surface area contributed by atoms with Gasteiger partial charge in [-0.25, -0.2) is 0 Å². The zero-order valence-electron chi connectivity index (χ0n) is 14.4. The molecule has 0 fully saturated rings. The van der Waals surface area contributed by atoms with Crippen molar-refractivity contribution in [3.8, 4) is 16.9 Å². The van der Waals surface area contributed by atoms with Gasteiger partial charge in [0.2, 0.25) is 0 Å². The lowest BCUT2D eigenvalue weighted by Crippen LogP contribution is -1.87. The summed E-state index contributed by atoms with van der Waals surface area (Å²) >= 11 is 0. The number of unbranched alkanes of at least 4 members (excludes halogenated alkanes) is 7. The van der Waals surface area contributed by atoms with E-state index in [1.807, 2.05) is 12.1 Å². The maximum absolute atomic E-state index is 9.35. The van der Waals surface area contributed by atoms with E-state index in [-0.39, 0.29) is 0 Å². The normalized spacial score (nSPS) is 10.8. The number of benzene rings is 2. The molecule has 0 amide bonds. The summed E-state index contributed by atoms with van der Waals surface area (Å²) in [5.74, 6) is 0.320. The van der Waals surface area contributed by atoms with Crippen molar-refractivity contribution in [1.82, 2.24) is 0 Å². The molecule has 2 aromatic rings. The summed E-state index contributed by atoms with van der Waals surface area (Å²) in [4.78, 5) is 0. The Bertz CT molecular complexity index is 539. The average Bonchev–Trinajstić information content (AvgIpc) is 2.59. The fraction of sp³-hybridized carbons (Fsp3) is 0.455. The number of phenolic OH excluding ortho intramolecular Hbond substituents is 1. The summed E-state index contributed by atoms with van der Waals surface area (Å²) in [6, 6.07) is 16.3. The Balaban J connectivity index is 1.68. The molecule has 0 aromatic heterocycles. The lowest BCUT2D eigenvalue weighted by atomic mass is 10.0. The van der Waals surface area contributed by atoms with Gasteiger partial charge in [-0.05, 0) is 41.7 Å². The van der Waals surface area contributed by atoms with Crippen molar-refractivity contribution in [1.29, 1.82) is 0 Å². The molecule has 2 aromatic carbocycles. The summed E-state index contributed by atoms with van der Waals surface area (Å²) in [6.07, 6.45) is 12.2. The molecule has 0 aliphatic rings. The van der Waals surface area contributed by atoms with Crippen molar-refractivity contribution in [2.24, 2.45) is 0 Å². The third-order valence-corrected chi connectivity index (χ3v) is 4.47. The molecule has 0 aliphatic carbocycles. The van der Waals surface area contributed by atoms with Gasteiger partial charge in [-0.3, -0.25) is 0 Å². The second kappa shape index (κ2) is 10.1. The molecule has 1 heteroatoms. The van der Waals surface area contributed by atoms with Crippen LogP contribution >= 0.6 is 0 Å². The lowest BCUT2D eigenvalue weighted by molar-refractivity contribution is 0.475. The van der Waals surface area contributed by atoms with Gasteiger partial charge < -0.3 is 5.11 Å². The summed E-state index contributed by atoms with van der Waals surface area (Å²) in [5, 5.41) is 9.35. The van der Waals surface area contributed by atoms with E-state index in [0.29, 0.717) is 5.75 Å². The van der Waals surface area contributed by atoms with Gasteiger partial charge in [-0.1, -0.05) is 88.3 Å². The van der Waals surface area contributed by atoms with Gasteiger partial charge in [-0.2, -0.15) is 0 Å². The maximum atomic E-state index is 9.35. The van der Waals surface area contributed by atoms with Crippen molar-refractivity contribution >= 4 is 0 Å². The second-order valence-electron chi connectivity index (χ2n) is 6.47. The Hall–Kier alpha value is -1.76. The largest absolute Gasteiger partial charge is 0.508 e. The molecule has 0 heterocycles. The standard InChI is InChI=1S/C22H30O/c1-2-3-4-5-6-7-8-9-10-19-11-13-20(14-12-19)21-15-17-22(23)18-16-21/h11-18,23H,2-10H2,1H3. The number of rotatable bonds is 10. The predicted molar refractivity (Wildman–Crippen MR) is 99.9 cm³/mol. The third kappa shape index (κ3) is 6.48. The molecule has 0 bridgehead atoms. The van der Waals surface area contributed by atoms with E-state index in [2.05, 4.69) is 31.2 Å². The molecule has 0 saturated heterocycles. The van der Waals surface area contributed by atoms with Crippen LogP contribution in [-0.4, -0.2) is 5.11 Å². The van der Waals surface area contributed by atoms with Crippen LogP contribution in [0, 0.1) is 0 Å². The van der Waals surface area contributed by atoms with Crippen molar-refractivity contribution in [3.05, 3.63) is 54.1 Å². The van der Waals surface area contributed by atoms with Crippen LogP contribution < -0.4 is 0 Å². The van der Waals surface area contributed by atoms with Crippen LogP contribution in [0.2, 0.25) is 0 Å². The summed E-state index contributed by atoms with van der Waals surface area (Å²) in [5.41, 5.74) is 3.80. The van der Waals surface area contributed by atoms with E-state index >= 15 is 0 Å². The van der Waals surface area contributed by atoms with Gasteiger partial charge in [-0.15, -0.1) is 0 Å². The van der Waals surface area contributed by atoms with E-state index in [0.717, 1.165) is 5.56 Å². The van der Waals surface area contributed by atoms with Crippen molar-refractivity contribution in [3.63, 3.8) is 0 Å². The molecule has 0 spiro atoms. The molecule has 1 N–H and O–H groups in total. The number of hydrogen-bond donors (Lipinski definition) is 1. The van der Waals surface area contributed by atoms with Gasteiger partial charge >= 0.3 is 0 Å². The van der Waals surface area contributed by atoms with Gasteiger partial charge in [0.05, 0.1) is 0 Å². The first-order valence-electron chi connectivity index (χ1n) is 9.18. The molecule has 0 radical (unpaired) electrons. The van der Waals surface area contributed by atoms with E-state index in [9.17, 15) is 5.11 Å². The highest BCUT2D eigenvalue weighted by Gasteiger charge is 1.99. The predicted octanol–water partition coefficient (Wildman–Crippen LogP) is 6.74. The molecule has 23 heavy (non-hydrogen) atoms. The second-order valence-corrected chi connectivity index (χ2v) is 6.47. The van der Waals surface area contributed by atoms with E-state index in [4.69, 9.17) is 0 Å². The first-order valence-corrected chi connectivity index (χ1v) is 9.18. The molecule has 124 valence electrons. The fourth-order valence-electron chi connectivity index (χ4n) is 2.98. The van der Waals surface area contributed by atoms with Crippen LogP contribution in [0.15, 0.2) is 48.5 Å². The zero-order chi connectivity index (χ0) is 16.3. The Kier molecular flexibility index (Phi) is 7.72. The summed E-state index contributed by atoms with van der Waals surface area (Å²) in [6.45, 7) is 2.27. The fourth-order valence-corrected chi connectivity index (χ4v) is 2.98. The molecule has 0 atom stereocenters. The SMILES string of the molecule is CCCCCCCCCCc1ccc(-c2ccc(O)cc2)cc1. The van der Waals surface area contributed by atoms with Crippen LogP contribution in [0.1, 0.15) is 63.9 Å². The minimum absolute atomic E-state index is 0.320. The van der Waals surface area contributed by atoms with E-state index < -0.39 is 0 Å². The van der Waals surface area contributed by atoms with Crippen LogP contribution in [-0.2, 0) is 6.42 Å². The summed E-state index contributed by atoms with van der Waals surface area (Å²) in [7, 11) is 0. The molecule has 2 rings (SSSR count). The molecule has 0 aliphatic heterocycles. The van der Waals surface area contributed by atoms with Crippen LogP contribution in [0.3, 0.4) is 0 Å². The molecule has 0 saturated carbocycles. The van der Waals surface area contributed by atoms with Crippen LogP contribution in [0.5, 0.6) is 5.75 Å². The number of aromatic hydroxyl groups is 1. The minimum Gasteiger partial charge on any atom is -0.508 e. The zero-order valence-corrected chi connectivity index (χ0v) is 14.4. The Morgan fingerprint density at radius 1 is 0.609 bits per heavy atom. The first-order chi connectivity index (χ1) is 11.3. The van der Waals surface area contributed by atoms with Gasteiger partial charge in [0.25, 0.3) is 0 Å². The van der Waals surface area contributed by atoms with Crippen molar-refractivity contribution in [2.75, 3.05) is 0 Å². The van der Waals surface area contributed by atoms with Crippen LogP contribution in [0.25, 0.3) is 11.1 Å². The van der Waals surface area contributed by atoms with E-state index in [1.165, 1.54) is 68.9 Å². The molecular weight excluding hydrogens is 280 g/mol. The van der Waals surface area contributed by atoms with Crippen molar-refractivity contribution in [2.45, 2.75) is 64.7 Å². The third-order valence-electron chi connectivity index (χ3n) is 4.47. The Morgan fingerprint density at radius 2 is 1.09 bits per heavy atom. The Morgan fingerprint density at radius 3 is 1.65 bits per heavy atom. The quantitative estimate of drug-likeness (QED) is 0.482. The summed E-state index contributed by atoms with van der Waals surface area (Å²) < 4.78 is 0. The van der Waals surface area contributed by atoms with Crippen molar-refractivity contribution < 1.29 is 5.11 Å². The Labute approximate surface area is 141 Å². The lowest BCUT2D eigenvalue weighted by Gasteiger charge is -2.05. The highest BCUT2D eigenvalue weighted by molar-refractivity contribution is 5.64. The average molecular weight is 310 g/mol. The van der Waals surface area contributed by atoms with Crippen LogP contribution in [0.4, 0.5) is 0 Å². The number of phenols is 1. The molecular formula is C22H30O. The maximum Gasteiger partial charge on any atom is 0.115 e. The highest BCUT2D eigenvalue weighted by Crippen LogP contribution is 2.22. The monoisotopic (exact) mass is 310 g/mol.